The molecule has 2 heteroatoms. The highest BCUT2D eigenvalue weighted by molar-refractivity contribution is 5.83. The molecule has 0 aromatic rings. The summed E-state index contributed by atoms with van der Waals surface area (Å²) >= 11 is 0. The number of unbranched alkanes of at least 4 members (excludes halogenated alkanes) is 1. The fourth-order valence-electron chi connectivity index (χ4n) is 1.83. The SMILES string of the molecule is CCCCC(=O)C1CCCCCN1. The monoisotopic (exact) mass is 183 g/mol. The molecule has 1 saturated heterocycles. The van der Waals surface area contributed by atoms with E-state index < -0.39 is 0 Å². The molecule has 13 heavy (non-hydrogen) atoms. The van der Waals surface area contributed by atoms with E-state index in [1.54, 1.807) is 0 Å². The summed E-state index contributed by atoms with van der Waals surface area (Å²) in [5, 5.41) is 3.34. The molecule has 0 radical (unpaired) electrons. The number of nitrogens with one attached hydrogen (secondary N) is 1. The zero-order valence-electron chi connectivity index (χ0n) is 8.64. The Hall–Kier alpha value is -0.370. The van der Waals surface area contributed by atoms with Gasteiger partial charge in [0.2, 0.25) is 0 Å². The number of ketones is 1. The number of hydrogen-bond acceptors (Lipinski definition) is 2. The summed E-state index contributed by atoms with van der Waals surface area (Å²) in [6.07, 6.45) is 7.74. The lowest BCUT2D eigenvalue weighted by molar-refractivity contribution is -0.121. The van der Waals surface area contributed by atoms with Crippen molar-refractivity contribution >= 4 is 5.78 Å². The highest BCUT2D eigenvalue weighted by atomic mass is 16.1. The molecule has 0 aromatic heterocycles. The number of carbonyl (C=O) groups is 1. The van der Waals surface area contributed by atoms with Crippen LogP contribution in [0.5, 0.6) is 0 Å². The second-order valence-electron chi connectivity index (χ2n) is 3.93. The van der Waals surface area contributed by atoms with Crippen LogP contribution in [-0.2, 0) is 4.79 Å². The Morgan fingerprint density at radius 3 is 3.00 bits per heavy atom. The number of Topliss-reactive ketones (excluding diaryl/α,β-unsaturated/α-hetero) is 1. The number of hydrogen-bond donors (Lipinski definition) is 1. The molecule has 0 saturated carbocycles. The Balaban J connectivity index is 2.26. The van der Waals surface area contributed by atoms with Crippen LogP contribution >= 0.6 is 0 Å². The van der Waals surface area contributed by atoms with E-state index in [4.69, 9.17) is 0 Å². The molecule has 0 spiro atoms. The second-order valence-corrected chi connectivity index (χ2v) is 3.93. The first-order chi connectivity index (χ1) is 6.34. The molecule has 1 N–H and O–H groups in total. The van der Waals surface area contributed by atoms with Crippen LogP contribution in [0.4, 0.5) is 0 Å². The molecule has 0 aromatic carbocycles. The quantitative estimate of drug-likeness (QED) is 0.724. The fraction of sp³-hybridized carbons (Fsp3) is 0.909. The largest absolute Gasteiger partial charge is 0.307 e. The van der Waals surface area contributed by atoms with Crippen molar-refractivity contribution in [2.45, 2.75) is 57.9 Å². The molecule has 0 bridgehead atoms. The van der Waals surface area contributed by atoms with Gasteiger partial charge in [0.25, 0.3) is 0 Å². The lowest BCUT2D eigenvalue weighted by atomic mass is 10.0. The van der Waals surface area contributed by atoms with Gasteiger partial charge in [0.1, 0.15) is 5.78 Å². The average Bonchev–Trinajstić information content (AvgIpc) is 2.42. The summed E-state index contributed by atoms with van der Waals surface area (Å²) in [5.74, 6) is 0.434. The van der Waals surface area contributed by atoms with Crippen LogP contribution in [0.3, 0.4) is 0 Å². The van der Waals surface area contributed by atoms with Crippen LogP contribution in [0.2, 0.25) is 0 Å². The zero-order chi connectivity index (χ0) is 9.52. The van der Waals surface area contributed by atoms with Crippen LogP contribution in [0.15, 0.2) is 0 Å². The molecule has 1 aliphatic rings. The van der Waals surface area contributed by atoms with Crippen LogP contribution in [0.25, 0.3) is 0 Å². The zero-order valence-corrected chi connectivity index (χ0v) is 8.64. The van der Waals surface area contributed by atoms with Gasteiger partial charge in [0.15, 0.2) is 0 Å². The maximum Gasteiger partial charge on any atom is 0.149 e. The third-order valence-electron chi connectivity index (χ3n) is 2.73. The molecule has 1 atom stereocenters. The van der Waals surface area contributed by atoms with Crippen molar-refractivity contribution < 1.29 is 4.79 Å². The molecule has 1 aliphatic heterocycles. The Morgan fingerprint density at radius 2 is 2.23 bits per heavy atom. The third kappa shape index (κ3) is 3.90. The van der Waals surface area contributed by atoms with Gasteiger partial charge in [-0.15, -0.1) is 0 Å². The van der Waals surface area contributed by atoms with Crippen molar-refractivity contribution in [3.8, 4) is 0 Å². The van der Waals surface area contributed by atoms with Gasteiger partial charge < -0.3 is 5.32 Å². The predicted molar refractivity (Wildman–Crippen MR) is 54.8 cm³/mol. The summed E-state index contributed by atoms with van der Waals surface area (Å²) in [7, 11) is 0. The van der Waals surface area contributed by atoms with Crippen molar-refractivity contribution in [2.75, 3.05) is 6.54 Å². The van der Waals surface area contributed by atoms with E-state index in [0.29, 0.717) is 5.78 Å². The number of carbonyl (C=O) groups excluding carboxylic acids is 1. The summed E-state index contributed by atoms with van der Waals surface area (Å²) in [4.78, 5) is 11.6. The van der Waals surface area contributed by atoms with Crippen molar-refractivity contribution in [3.05, 3.63) is 0 Å². The van der Waals surface area contributed by atoms with Gasteiger partial charge >= 0.3 is 0 Å². The molecule has 1 unspecified atom stereocenters. The fourth-order valence-corrected chi connectivity index (χ4v) is 1.83. The summed E-state index contributed by atoms with van der Waals surface area (Å²) in [6.45, 7) is 3.16. The first-order valence-electron chi connectivity index (χ1n) is 5.60. The standard InChI is InChI=1S/C11H21NO/c1-2-3-8-11(13)10-7-5-4-6-9-12-10/h10,12H,2-9H2,1H3. The van der Waals surface area contributed by atoms with Crippen LogP contribution in [-0.4, -0.2) is 18.4 Å². The summed E-state index contributed by atoms with van der Waals surface area (Å²) < 4.78 is 0. The first-order valence-corrected chi connectivity index (χ1v) is 5.60. The van der Waals surface area contributed by atoms with E-state index in [1.165, 1.54) is 19.3 Å². The molecule has 1 heterocycles. The topological polar surface area (TPSA) is 29.1 Å². The highest BCUT2D eigenvalue weighted by Gasteiger charge is 2.18. The van der Waals surface area contributed by atoms with Gasteiger partial charge in [0, 0.05) is 6.42 Å². The van der Waals surface area contributed by atoms with Gasteiger partial charge in [-0.1, -0.05) is 26.2 Å². The van der Waals surface area contributed by atoms with Crippen molar-refractivity contribution in [3.63, 3.8) is 0 Å². The third-order valence-corrected chi connectivity index (χ3v) is 2.73. The van der Waals surface area contributed by atoms with Gasteiger partial charge in [-0.05, 0) is 25.8 Å². The predicted octanol–water partition coefficient (Wildman–Crippen LogP) is 2.28. The average molecular weight is 183 g/mol. The maximum absolute atomic E-state index is 11.6. The minimum atomic E-state index is 0.175. The van der Waals surface area contributed by atoms with E-state index in [2.05, 4.69) is 12.2 Å². The molecule has 0 amide bonds. The van der Waals surface area contributed by atoms with Crippen LogP contribution < -0.4 is 5.32 Å². The van der Waals surface area contributed by atoms with E-state index in [9.17, 15) is 4.79 Å². The van der Waals surface area contributed by atoms with E-state index in [0.717, 1.165) is 32.2 Å². The molecule has 0 aliphatic carbocycles. The molecule has 1 fully saturated rings. The molecular weight excluding hydrogens is 162 g/mol. The van der Waals surface area contributed by atoms with Crippen molar-refractivity contribution in [1.29, 1.82) is 0 Å². The van der Waals surface area contributed by atoms with Gasteiger partial charge in [0.05, 0.1) is 6.04 Å². The minimum absolute atomic E-state index is 0.175. The van der Waals surface area contributed by atoms with E-state index in [1.807, 2.05) is 0 Å². The summed E-state index contributed by atoms with van der Waals surface area (Å²) in [5.41, 5.74) is 0. The Morgan fingerprint density at radius 1 is 1.38 bits per heavy atom. The lowest BCUT2D eigenvalue weighted by Crippen LogP contribution is -2.35. The molecular formula is C11H21NO. The summed E-state index contributed by atoms with van der Waals surface area (Å²) in [6, 6.07) is 0.175. The van der Waals surface area contributed by atoms with Gasteiger partial charge in [-0.3, -0.25) is 4.79 Å². The molecule has 76 valence electrons. The first kappa shape index (κ1) is 10.7. The normalized spacial score (nSPS) is 23.9. The minimum Gasteiger partial charge on any atom is -0.307 e. The number of rotatable bonds is 4. The lowest BCUT2D eigenvalue weighted by Gasteiger charge is -2.13. The van der Waals surface area contributed by atoms with E-state index >= 15 is 0 Å². The van der Waals surface area contributed by atoms with Crippen LogP contribution in [0.1, 0.15) is 51.9 Å². The van der Waals surface area contributed by atoms with Gasteiger partial charge in [-0.25, -0.2) is 0 Å². The molecule has 1 rings (SSSR count). The smallest absolute Gasteiger partial charge is 0.149 e. The van der Waals surface area contributed by atoms with Crippen molar-refractivity contribution in [2.24, 2.45) is 0 Å². The van der Waals surface area contributed by atoms with Crippen molar-refractivity contribution in [1.82, 2.24) is 5.32 Å². The van der Waals surface area contributed by atoms with E-state index in [-0.39, 0.29) is 6.04 Å². The highest BCUT2D eigenvalue weighted by Crippen LogP contribution is 2.11. The molecule has 2 nitrogen and oxygen atoms in total. The second kappa shape index (κ2) is 6.14. The Bertz CT molecular complexity index is 148. The Kier molecular flexibility index (Phi) is 5.06. The van der Waals surface area contributed by atoms with Gasteiger partial charge in [-0.2, -0.15) is 0 Å². The Labute approximate surface area is 81.1 Å². The van der Waals surface area contributed by atoms with Crippen LogP contribution in [0, 0.1) is 0 Å². The maximum atomic E-state index is 11.6.